The van der Waals surface area contributed by atoms with Gasteiger partial charge in [0.2, 0.25) is 5.91 Å². The van der Waals surface area contributed by atoms with Gasteiger partial charge < -0.3 is 10.6 Å². The van der Waals surface area contributed by atoms with Crippen molar-refractivity contribution in [2.75, 3.05) is 11.9 Å². The highest BCUT2D eigenvalue weighted by molar-refractivity contribution is 5.75. The number of carbonyl (C=O) groups is 1. The Morgan fingerprint density at radius 1 is 1.20 bits per heavy atom. The van der Waals surface area contributed by atoms with Crippen molar-refractivity contribution < 1.29 is 9.18 Å². The van der Waals surface area contributed by atoms with E-state index in [0.29, 0.717) is 23.7 Å². The summed E-state index contributed by atoms with van der Waals surface area (Å²) in [4.78, 5) is 29.3. The molecule has 3 rings (SSSR count). The lowest BCUT2D eigenvalue weighted by atomic mass is 10.2. The van der Waals surface area contributed by atoms with Gasteiger partial charge in [-0.2, -0.15) is 0 Å². The normalized spacial score (nSPS) is 11.0. The Morgan fingerprint density at radius 3 is 2.60 bits per heavy atom. The van der Waals surface area contributed by atoms with Crippen LogP contribution in [0, 0.1) is 5.82 Å². The highest BCUT2D eigenvalue weighted by atomic mass is 19.1. The Balaban J connectivity index is 2.06. The summed E-state index contributed by atoms with van der Waals surface area (Å²) in [6, 6.07) is 9.63. The third-order valence-electron chi connectivity index (χ3n) is 4.49. The summed E-state index contributed by atoms with van der Waals surface area (Å²) in [6.07, 6.45) is 3.59. The van der Waals surface area contributed by atoms with Crippen LogP contribution < -0.4 is 16.3 Å². The largest absolute Gasteiger partial charge is 0.368 e. The molecule has 0 spiro atoms. The van der Waals surface area contributed by atoms with Crippen LogP contribution in [0.4, 0.5) is 10.2 Å². The lowest BCUT2D eigenvalue weighted by Gasteiger charge is -2.11. The van der Waals surface area contributed by atoms with Crippen LogP contribution >= 0.6 is 0 Å². The highest BCUT2D eigenvalue weighted by Crippen LogP contribution is 2.24. The molecular weight excluding hydrogens is 385 g/mol. The number of aromatic nitrogens is 3. The molecule has 8 heteroatoms. The zero-order chi connectivity index (χ0) is 21.7. The summed E-state index contributed by atoms with van der Waals surface area (Å²) in [6.45, 7) is 6.66. The molecule has 158 valence electrons. The monoisotopic (exact) mass is 411 g/mol. The second-order valence-corrected chi connectivity index (χ2v) is 7.23. The second-order valence-electron chi connectivity index (χ2n) is 7.23. The van der Waals surface area contributed by atoms with Gasteiger partial charge in [0.05, 0.1) is 11.4 Å². The van der Waals surface area contributed by atoms with Gasteiger partial charge in [0, 0.05) is 43.5 Å². The number of pyridine rings is 1. The number of rotatable bonds is 8. The van der Waals surface area contributed by atoms with Gasteiger partial charge in [-0.15, -0.1) is 0 Å². The first-order chi connectivity index (χ1) is 14.4. The van der Waals surface area contributed by atoms with Crippen molar-refractivity contribution in [2.45, 2.75) is 39.8 Å². The Labute approximate surface area is 174 Å². The molecular formula is C22H26FN5O2. The molecule has 0 bridgehead atoms. The number of nitrogens with zero attached hydrogens (tertiary/aromatic N) is 3. The van der Waals surface area contributed by atoms with Crippen LogP contribution in [0.1, 0.15) is 27.2 Å². The van der Waals surface area contributed by atoms with Crippen molar-refractivity contribution in [3.8, 4) is 16.9 Å². The van der Waals surface area contributed by atoms with E-state index in [9.17, 15) is 14.0 Å². The third kappa shape index (κ3) is 4.94. The molecule has 0 atom stereocenters. The summed E-state index contributed by atoms with van der Waals surface area (Å²) >= 11 is 0. The van der Waals surface area contributed by atoms with Crippen molar-refractivity contribution in [1.29, 1.82) is 0 Å². The molecule has 2 heterocycles. The molecule has 1 aromatic carbocycles. The number of imidazole rings is 1. The van der Waals surface area contributed by atoms with E-state index in [2.05, 4.69) is 15.6 Å². The molecule has 0 aliphatic rings. The zero-order valence-electron chi connectivity index (χ0n) is 17.4. The molecule has 0 aliphatic heterocycles. The fraction of sp³-hybridized carbons (Fsp3) is 0.318. The maximum Gasteiger partial charge on any atom is 0.333 e. The predicted octanol–water partition coefficient (Wildman–Crippen LogP) is 3.19. The van der Waals surface area contributed by atoms with Crippen LogP contribution in [-0.4, -0.2) is 32.6 Å². The van der Waals surface area contributed by atoms with E-state index in [0.717, 1.165) is 5.56 Å². The summed E-state index contributed by atoms with van der Waals surface area (Å²) < 4.78 is 16.5. The second kappa shape index (κ2) is 9.39. The summed E-state index contributed by atoms with van der Waals surface area (Å²) in [7, 11) is 0. The van der Waals surface area contributed by atoms with Crippen LogP contribution in [0.25, 0.3) is 16.9 Å². The molecule has 0 aliphatic carbocycles. The lowest BCUT2D eigenvalue weighted by molar-refractivity contribution is -0.121. The first kappa shape index (κ1) is 21.3. The predicted molar refractivity (Wildman–Crippen MR) is 115 cm³/mol. The number of hydrogen-bond donors (Lipinski definition) is 2. The van der Waals surface area contributed by atoms with Gasteiger partial charge in [-0.05, 0) is 57.2 Å². The van der Waals surface area contributed by atoms with Gasteiger partial charge in [-0.3, -0.25) is 13.9 Å². The smallest absolute Gasteiger partial charge is 0.333 e. The van der Waals surface area contributed by atoms with Crippen LogP contribution in [0.15, 0.2) is 53.6 Å². The zero-order valence-corrected chi connectivity index (χ0v) is 17.4. The van der Waals surface area contributed by atoms with E-state index < -0.39 is 0 Å². The molecule has 0 saturated heterocycles. The number of halogens is 1. The first-order valence-corrected chi connectivity index (χ1v) is 9.96. The standard InChI is InChI=1S/C22H26FN5O2/c1-4-24-21(29)10-12-27-14-19(16-9-11-25-20(13-16)26-15(2)3)28(22(27)30)18-7-5-17(23)6-8-18/h5-9,11,13-15H,4,10,12H2,1-3H3,(H,24,29)(H,25,26). The average Bonchev–Trinajstić information content (AvgIpc) is 3.03. The van der Waals surface area contributed by atoms with Crippen molar-refractivity contribution in [3.05, 3.63) is 65.1 Å². The number of benzene rings is 1. The summed E-state index contributed by atoms with van der Waals surface area (Å²) in [5.74, 6) is 0.194. The van der Waals surface area contributed by atoms with Gasteiger partial charge in [0.1, 0.15) is 11.6 Å². The Kier molecular flexibility index (Phi) is 6.66. The summed E-state index contributed by atoms with van der Waals surface area (Å²) in [5, 5.41) is 5.98. The van der Waals surface area contributed by atoms with Gasteiger partial charge in [-0.1, -0.05) is 0 Å². The van der Waals surface area contributed by atoms with Crippen molar-refractivity contribution in [1.82, 2.24) is 19.4 Å². The number of aryl methyl sites for hydroxylation is 1. The summed E-state index contributed by atoms with van der Waals surface area (Å²) in [5.41, 5.74) is 1.67. The molecule has 0 radical (unpaired) electrons. The third-order valence-corrected chi connectivity index (χ3v) is 4.49. The highest BCUT2D eigenvalue weighted by Gasteiger charge is 2.16. The first-order valence-electron chi connectivity index (χ1n) is 9.96. The Bertz CT molecular complexity index is 1070. The van der Waals surface area contributed by atoms with Crippen LogP contribution in [0.2, 0.25) is 0 Å². The van der Waals surface area contributed by atoms with Gasteiger partial charge in [0.15, 0.2) is 0 Å². The van der Waals surface area contributed by atoms with E-state index in [1.807, 2.05) is 32.9 Å². The van der Waals surface area contributed by atoms with Gasteiger partial charge in [-0.25, -0.2) is 14.2 Å². The minimum absolute atomic E-state index is 0.118. The van der Waals surface area contributed by atoms with E-state index in [4.69, 9.17) is 0 Å². The molecule has 1 amide bonds. The molecule has 30 heavy (non-hydrogen) atoms. The molecule has 7 nitrogen and oxygen atoms in total. The number of hydrogen-bond acceptors (Lipinski definition) is 4. The molecule has 0 saturated carbocycles. The molecule has 0 fully saturated rings. The van der Waals surface area contributed by atoms with Crippen LogP contribution in [0.3, 0.4) is 0 Å². The number of amides is 1. The van der Waals surface area contributed by atoms with Gasteiger partial charge in [0.25, 0.3) is 0 Å². The molecule has 0 unspecified atom stereocenters. The van der Waals surface area contributed by atoms with Crippen LogP contribution in [-0.2, 0) is 11.3 Å². The minimum atomic E-state index is -0.378. The fourth-order valence-corrected chi connectivity index (χ4v) is 3.17. The van der Waals surface area contributed by atoms with Crippen molar-refractivity contribution >= 4 is 11.7 Å². The Morgan fingerprint density at radius 2 is 1.93 bits per heavy atom. The van der Waals surface area contributed by atoms with E-state index in [1.165, 1.54) is 21.3 Å². The van der Waals surface area contributed by atoms with E-state index in [1.54, 1.807) is 24.5 Å². The van der Waals surface area contributed by atoms with Crippen molar-refractivity contribution in [2.24, 2.45) is 0 Å². The van der Waals surface area contributed by atoms with E-state index >= 15 is 0 Å². The number of anilines is 1. The topological polar surface area (TPSA) is 81.0 Å². The van der Waals surface area contributed by atoms with Crippen molar-refractivity contribution in [3.63, 3.8) is 0 Å². The minimum Gasteiger partial charge on any atom is -0.368 e. The van der Waals surface area contributed by atoms with E-state index in [-0.39, 0.29) is 36.4 Å². The SMILES string of the molecule is CCNC(=O)CCn1cc(-c2ccnc(NC(C)C)c2)n(-c2ccc(F)cc2)c1=O. The molecule has 2 aromatic heterocycles. The quantitative estimate of drug-likeness (QED) is 0.597. The molecule has 2 N–H and O–H groups in total. The van der Waals surface area contributed by atoms with Gasteiger partial charge >= 0.3 is 5.69 Å². The van der Waals surface area contributed by atoms with Crippen LogP contribution in [0.5, 0.6) is 0 Å². The molecule has 3 aromatic rings. The maximum atomic E-state index is 13.4. The average molecular weight is 411 g/mol. The lowest BCUT2D eigenvalue weighted by Crippen LogP contribution is -2.28. The Hall–Kier alpha value is -3.42. The fourth-order valence-electron chi connectivity index (χ4n) is 3.17. The number of carbonyl (C=O) groups excluding carboxylic acids is 1. The number of nitrogens with one attached hydrogen (secondary N) is 2. The maximum absolute atomic E-state index is 13.4.